The molecule has 0 bridgehead atoms. The highest BCUT2D eigenvalue weighted by molar-refractivity contribution is 6.04. The summed E-state index contributed by atoms with van der Waals surface area (Å²) < 4.78 is 6.37. The average Bonchev–Trinajstić information content (AvgIpc) is 3.00. The zero-order valence-corrected chi connectivity index (χ0v) is 13.1. The first-order valence-electron chi connectivity index (χ1n) is 7.18. The van der Waals surface area contributed by atoms with Gasteiger partial charge in [0.25, 0.3) is 11.8 Å². The fourth-order valence-corrected chi connectivity index (χ4v) is 1.81. The number of carbonyl (C=O) groups excluding carboxylic acids is 3. The number of rotatable bonds is 7. The molecule has 2 amide bonds. The fraction of sp³-hybridized carbons (Fsp3) is 0.267. The number of nitrogens with one attached hydrogen (secondary N) is 2. The first-order chi connectivity index (χ1) is 11.6. The smallest absolute Gasteiger partial charge is 0.308 e. The number of aromatic nitrogens is 3. The number of hydrogen-bond acceptors (Lipinski definition) is 7. The van der Waals surface area contributed by atoms with E-state index in [1.807, 2.05) is 0 Å². The highest BCUT2D eigenvalue weighted by Gasteiger charge is 2.14. The molecule has 2 aromatic heterocycles. The Hall–Kier alpha value is -3.23. The highest BCUT2D eigenvalue weighted by Crippen LogP contribution is 1.99. The number of amides is 2. The average molecular weight is 331 g/mol. The monoisotopic (exact) mass is 331 g/mol. The number of aryl methyl sites for hydroxylation is 1. The van der Waals surface area contributed by atoms with Crippen LogP contribution in [-0.4, -0.2) is 45.5 Å². The molecule has 2 N–H and O–H groups in total. The number of carbonyl (C=O) groups is 3. The van der Waals surface area contributed by atoms with Crippen LogP contribution in [0.25, 0.3) is 0 Å². The number of imide groups is 1. The maximum atomic E-state index is 11.8. The quantitative estimate of drug-likeness (QED) is 0.692. The van der Waals surface area contributed by atoms with Crippen LogP contribution in [0.2, 0.25) is 0 Å². The summed E-state index contributed by atoms with van der Waals surface area (Å²) in [6.07, 6.45) is 4.86. The molecule has 0 aliphatic heterocycles. The number of ether oxygens (including phenoxy) is 1. The van der Waals surface area contributed by atoms with E-state index in [9.17, 15) is 14.4 Å². The largest absolute Gasteiger partial charge is 0.456 e. The van der Waals surface area contributed by atoms with E-state index < -0.39 is 24.4 Å². The molecule has 0 unspecified atom stereocenters. The van der Waals surface area contributed by atoms with Crippen molar-refractivity contribution in [3.05, 3.63) is 42.5 Å². The Labute approximate surface area is 138 Å². The second-order valence-electron chi connectivity index (χ2n) is 4.79. The Bertz CT molecular complexity index is 714. The second-order valence-corrected chi connectivity index (χ2v) is 4.79. The van der Waals surface area contributed by atoms with E-state index in [1.165, 1.54) is 0 Å². The van der Waals surface area contributed by atoms with Crippen LogP contribution in [0, 0.1) is 0 Å². The standard InChI is InChI=1S/C15H17N5O4/c1-20-9-2-4-11(20)14(23)19-12(21)10-24-13(22)5-8-18-15-16-6-3-7-17-15/h2-4,6-7,9H,5,8,10H2,1H3,(H,16,17,18)(H,19,21,23). The van der Waals surface area contributed by atoms with Gasteiger partial charge in [0.1, 0.15) is 5.69 Å². The highest BCUT2D eigenvalue weighted by atomic mass is 16.5. The van der Waals surface area contributed by atoms with E-state index in [0.717, 1.165) is 0 Å². The number of esters is 1. The van der Waals surface area contributed by atoms with Crippen LogP contribution in [0.5, 0.6) is 0 Å². The summed E-state index contributed by atoms with van der Waals surface area (Å²) in [6, 6.07) is 4.93. The summed E-state index contributed by atoms with van der Waals surface area (Å²) in [5.41, 5.74) is 0.335. The topological polar surface area (TPSA) is 115 Å². The van der Waals surface area contributed by atoms with Gasteiger partial charge in [-0.05, 0) is 18.2 Å². The van der Waals surface area contributed by atoms with Crippen molar-refractivity contribution in [2.24, 2.45) is 7.05 Å². The molecule has 9 nitrogen and oxygen atoms in total. The third kappa shape index (κ3) is 5.20. The third-order valence-electron chi connectivity index (χ3n) is 2.97. The summed E-state index contributed by atoms with van der Waals surface area (Å²) in [7, 11) is 1.68. The van der Waals surface area contributed by atoms with E-state index in [1.54, 1.807) is 48.4 Å². The molecule has 24 heavy (non-hydrogen) atoms. The van der Waals surface area contributed by atoms with Gasteiger partial charge in [-0.15, -0.1) is 0 Å². The fourth-order valence-electron chi connectivity index (χ4n) is 1.81. The summed E-state index contributed by atoms with van der Waals surface area (Å²) in [6.45, 7) is -0.246. The Morgan fingerprint density at radius 3 is 2.62 bits per heavy atom. The van der Waals surface area contributed by atoms with Crippen molar-refractivity contribution in [3.8, 4) is 0 Å². The van der Waals surface area contributed by atoms with Crippen molar-refractivity contribution in [1.29, 1.82) is 0 Å². The summed E-state index contributed by atoms with van der Waals surface area (Å²) in [5, 5.41) is 4.99. The molecule has 2 aromatic rings. The van der Waals surface area contributed by atoms with Crippen molar-refractivity contribution < 1.29 is 19.1 Å². The van der Waals surface area contributed by atoms with Gasteiger partial charge in [0.15, 0.2) is 6.61 Å². The first-order valence-corrected chi connectivity index (χ1v) is 7.18. The molecule has 2 rings (SSSR count). The number of nitrogens with zero attached hydrogens (tertiary/aromatic N) is 3. The number of hydrogen-bond donors (Lipinski definition) is 2. The zero-order chi connectivity index (χ0) is 17.4. The van der Waals surface area contributed by atoms with Crippen molar-refractivity contribution in [2.75, 3.05) is 18.5 Å². The molecular weight excluding hydrogens is 314 g/mol. The second kappa shape index (κ2) is 8.42. The van der Waals surface area contributed by atoms with Crippen LogP contribution in [0.15, 0.2) is 36.8 Å². The molecule has 0 fully saturated rings. The minimum Gasteiger partial charge on any atom is -0.456 e. The molecule has 0 saturated carbocycles. The SMILES string of the molecule is Cn1cccc1C(=O)NC(=O)COC(=O)CCNc1ncccn1. The van der Waals surface area contributed by atoms with E-state index in [-0.39, 0.29) is 13.0 Å². The number of anilines is 1. The summed E-state index contributed by atoms with van der Waals surface area (Å²) in [4.78, 5) is 42.8. The first kappa shape index (κ1) is 17.1. The van der Waals surface area contributed by atoms with Crippen LogP contribution in [0.1, 0.15) is 16.9 Å². The predicted molar refractivity (Wildman–Crippen MR) is 84.0 cm³/mol. The van der Waals surface area contributed by atoms with E-state index >= 15 is 0 Å². The molecule has 0 saturated heterocycles. The molecule has 0 spiro atoms. The zero-order valence-electron chi connectivity index (χ0n) is 13.1. The van der Waals surface area contributed by atoms with Gasteiger partial charge in [0, 0.05) is 32.2 Å². The molecule has 0 radical (unpaired) electrons. The molecule has 0 aliphatic carbocycles. The van der Waals surface area contributed by atoms with Crippen molar-refractivity contribution in [1.82, 2.24) is 19.9 Å². The van der Waals surface area contributed by atoms with Crippen molar-refractivity contribution in [2.45, 2.75) is 6.42 Å². The maximum absolute atomic E-state index is 11.8. The van der Waals surface area contributed by atoms with Crippen LogP contribution in [0.4, 0.5) is 5.95 Å². The van der Waals surface area contributed by atoms with E-state index in [4.69, 9.17) is 4.74 Å². The van der Waals surface area contributed by atoms with Crippen molar-refractivity contribution >= 4 is 23.7 Å². The van der Waals surface area contributed by atoms with Gasteiger partial charge < -0.3 is 14.6 Å². The minimum atomic E-state index is -0.686. The van der Waals surface area contributed by atoms with Gasteiger partial charge in [-0.1, -0.05) is 0 Å². The Morgan fingerprint density at radius 2 is 1.96 bits per heavy atom. The normalized spacial score (nSPS) is 10.0. The van der Waals surface area contributed by atoms with Gasteiger partial charge in [0.05, 0.1) is 6.42 Å². The van der Waals surface area contributed by atoms with Gasteiger partial charge in [-0.3, -0.25) is 19.7 Å². The molecular formula is C15H17N5O4. The van der Waals surface area contributed by atoms with Gasteiger partial charge in [-0.2, -0.15) is 0 Å². The van der Waals surface area contributed by atoms with Crippen LogP contribution < -0.4 is 10.6 Å². The van der Waals surface area contributed by atoms with Gasteiger partial charge in [-0.25, -0.2) is 9.97 Å². The molecule has 0 aliphatic rings. The Morgan fingerprint density at radius 1 is 1.21 bits per heavy atom. The van der Waals surface area contributed by atoms with E-state index in [2.05, 4.69) is 20.6 Å². The molecule has 9 heteroatoms. The minimum absolute atomic E-state index is 0.0390. The summed E-state index contributed by atoms with van der Waals surface area (Å²) in [5.74, 6) is -1.41. The Balaban J connectivity index is 1.65. The van der Waals surface area contributed by atoms with Gasteiger partial charge >= 0.3 is 5.97 Å². The molecule has 126 valence electrons. The summed E-state index contributed by atoms with van der Waals surface area (Å²) >= 11 is 0. The Kier molecular flexibility index (Phi) is 6.01. The van der Waals surface area contributed by atoms with Gasteiger partial charge in [0.2, 0.25) is 5.95 Å². The lowest BCUT2D eigenvalue weighted by Gasteiger charge is -2.07. The molecule has 0 aromatic carbocycles. The lowest BCUT2D eigenvalue weighted by Crippen LogP contribution is -2.35. The third-order valence-corrected chi connectivity index (χ3v) is 2.97. The predicted octanol–water partition coefficient (Wildman–Crippen LogP) is 0.117. The molecule has 0 atom stereocenters. The lowest BCUT2D eigenvalue weighted by atomic mass is 10.4. The van der Waals surface area contributed by atoms with Crippen LogP contribution in [-0.2, 0) is 21.4 Å². The van der Waals surface area contributed by atoms with E-state index in [0.29, 0.717) is 11.6 Å². The molecule has 2 heterocycles. The van der Waals surface area contributed by atoms with Crippen LogP contribution >= 0.6 is 0 Å². The lowest BCUT2D eigenvalue weighted by molar-refractivity contribution is -0.148. The van der Waals surface area contributed by atoms with Crippen molar-refractivity contribution in [3.63, 3.8) is 0 Å². The maximum Gasteiger partial charge on any atom is 0.308 e. The van der Waals surface area contributed by atoms with Crippen LogP contribution in [0.3, 0.4) is 0 Å².